The van der Waals surface area contributed by atoms with E-state index in [1.165, 1.54) is 20.1 Å². The monoisotopic (exact) mass is 172 g/mol. The van der Waals surface area contributed by atoms with Gasteiger partial charge in [-0.3, -0.25) is 0 Å². The Hall–Kier alpha value is -0.900. The molecule has 1 aromatic heterocycles. The predicted octanol–water partition coefficient (Wildman–Crippen LogP) is 1.60. The molecule has 0 aromatic carbocycles. The third-order valence-corrected chi connectivity index (χ3v) is 1.42. The number of aromatic nitrogens is 1. The molecule has 1 N–H and O–H groups in total. The second-order valence-electron chi connectivity index (χ2n) is 3.15. The molecule has 0 bridgehead atoms. The molecule has 0 spiro atoms. The lowest BCUT2D eigenvalue weighted by Gasteiger charge is -2.06. The van der Waals surface area contributed by atoms with Crippen molar-refractivity contribution in [2.75, 3.05) is 7.05 Å². The van der Waals surface area contributed by atoms with Gasteiger partial charge >= 0.3 is 0 Å². The first-order chi connectivity index (χ1) is 5.54. The molecule has 0 amide bonds. The van der Waals surface area contributed by atoms with E-state index in [0.29, 0.717) is 6.54 Å². The van der Waals surface area contributed by atoms with E-state index in [2.05, 4.69) is 10.3 Å². The van der Waals surface area contributed by atoms with E-state index in [4.69, 9.17) is 4.42 Å². The number of halogens is 1. The van der Waals surface area contributed by atoms with Gasteiger partial charge in [0.1, 0.15) is 6.26 Å². The maximum Gasteiger partial charge on any atom is 0.231 e. The molecular formula is C8H13FN2O. The molecule has 0 unspecified atom stereocenters. The van der Waals surface area contributed by atoms with Gasteiger partial charge in [0, 0.05) is 6.54 Å². The minimum absolute atomic E-state index is 0.132. The summed E-state index contributed by atoms with van der Waals surface area (Å²) >= 11 is 0. The topological polar surface area (TPSA) is 38.1 Å². The van der Waals surface area contributed by atoms with Crippen LogP contribution in [0.2, 0.25) is 0 Å². The first-order valence-corrected chi connectivity index (χ1v) is 3.82. The highest BCUT2D eigenvalue weighted by Gasteiger charge is 2.24. The van der Waals surface area contributed by atoms with E-state index in [9.17, 15) is 4.39 Å². The Kier molecular flexibility index (Phi) is 2.47. The number of hydrogen-bond donors (Lipinski definition) is 1. The van der Waals surface area contributed by atoms with Crippen LogP contribution in [0.15, 0.2) is 10.7 Å². The fourth-order valence-corrected chi connectivity index (χ4v) is 0.842. The van der Waals surface area contributed by atoms with Crippen molar-refractivity contribution in [3.63, 3.8) is 0 Å². The maximum atomic E-state index is 13.2. The highest BCUT2D eigenvalue weighted by molar-refractivity contribution is 5.01. The van der Waals surface area contributed by atoms with Crippen LogP contribution in [0.5, 0.6) is 0 Å². The van der Waals surface area contributed by atoms with Crippen LogP contribution in [-0.4, -0.2) is 12.0 Å². The Morgan fingerprint density at radius 1 is 1.67 bits per heavy atom. The number of hydrogen-bond acceptors (Lipinski definition) is 3. The summed E-state index contributed by atoms with van der Waals surface area (Å²) in [5.41, 5.74) is -0.773. The third kappa shape index (κ3) is 2.04. The molecule has 0 saturated heterocycles. The molecule has 0 aliphatic carbocycles. The van der Waals surface area contributed by atoms with Gasteiger partial charge < -0.3 is 9.73 Å². The minimum Gasteiger partial charge on any atom is -0.445 e. The highest BCUT2D eigenvalue weighted by atomic mass is 19.1. The average molecular weight is 172 g/mol. The van der Waals surface area contributed by atoms with Crippen LogP contribution in [0, 0.1) is 0 Å². The third-order valence-electron chi connectivity index (χ3n) is 1.42. The maximum absolute atomic E-state index is 13.2. The molecule has 68 valence electrons. The molecule has 1 heterocycles. The van der Waals surface area contributed by atoms with Crippen molar-refractivity contribution in [1.82, 2.24) is 10.3 Å². The molecule has 1 rings (SSSR count). The molecule has 0 aliphatic rings. The zero-order valence-corrected chi connectivity index (χ0v) is 7.52. The quantitative estimate of drug-likeness (QED) is 0.752. The van der Waals surface area contributed by atoms with Crippen LogP contribution in [-0.2, 0) is 12.2 Å². The number of oxazole rings is 1. The molecule has 0 aliphatic heterocycles. The van der Waals surface area contributed by atoms with Crippen molar-refractivity contribution < 1.29 is 8.81 Å². The molecule has 3 nitrogen and oxygen atoms in total. The highest BCUT2D eigenvalue weighted by Crippen LogP contribution is 2.23. The Labute approximate surface area is 71.0 Å². The largest absolute Gasteiger partial charge is 0.445 e. The minimum atomic E-state index is -1.49. The standard InChI is InChI=1S/C8H13FN2O/c1-8(2,9)7-11-6(4-10-3)5-12-7/h5,10H,4H2,1-3H3. The number of alkyl halides is 1. The average Bonchev–Trinajstić information content (AvgIpc) is 2.35. The summed E-state index contributed by atoms with van der Waals surface area (Å²) in [5, 5.41) is 2.90. The summed E-state index contributed by atoms with van der Waals surface area (Å²) in [7, 11) is 1.80. The van der Waals surface area contributed by atoms with Crippen LogP contribution < -0.4 is 5.32 Å². The van der Waals surface area contributed by atoms with Gasteiger partial charge in [0.15, 0.2) is 5.67 Å². The molecule has 0 saturated carbocycles. The second-order valence-corrected chi connectivity index (χ2v) is 3.15. The van der Waals surface area contributed by atoms with Gasteiger partial charge in [-0.2, -0.15) is 0 Å². The first-order valence-electron chi connectivity index (χ1n) is 3.82. The Morgan fingerprint density at radius 3 is 2.75 bits per heavy atom. The predicted molar refractivity (Wildman–Crippen MR) is 43.4 cm³/mol. The van der Waals surface area contributed by atoms with Crippen molar-refractivity contribution >= 4 is 0 Å². The fraction of sp³-hybridized carbons (Fsp3) is 0.625. The summed E-state index contributed by atoms with van der Waals surface area (Å²) in [6.07, 6.45) is 1.47. The van der Waals surface area contributed by atoms with Gasteiger partial charge in [0.05, 0.1) is 5.69 Å². The van der Waals surface area contributed by atoms with Gasteiger partial charge in [-0.05, 0) is 20.9 Å². The Bertz CT molecular complexity index is 252. The summed E-state index contributed by atoms with van der Waals surface area (Å²) in [6, 6.07) is 0. The zero-order valence-electron chi connectivity index (χ0n) is 7.52. The van der Waals surface area contributed by atoms with Crippen molar-refractivity contribution in [3.05, 3.63) is 17.8 Å². The van der Waals surface area contributed by atoms with Crippen LogP contribution >= 0.6 is 0 Å². The van der Waals surface area contributed by atoms with Crippen LogP contribution in [0.3, 0.4) is 0 Å². The van der Waals surface area contributed by atoms with E-state index in [-0.39, 0.29) is 5.89 Å². The normalized spacial score (nSPS) is 12.0. The van der Waals surface area contributed by atoms with Gasteiger partial charge in [0.25, 0.3) is 0 Å². The van der Waals surface area contributed by atoms with Gasteiger partial charge in [-0.1, -0.05) is 0 Å². The van der Waals surface area contributed by atoms with Crippen molar-refractivity contribution in [1.29, 1.82) is 0 Å². The summed E-state index contributed by atoms with van der Waals surface area (Å²) in [4.78, 5) is 3.97. The van der Waals surface area contributed by atoms with Gasteiger partial charge in [0.2, 0.25) is 5.89 Å². The number of nitrogens with one attached hydrogen (secondary N) is 1. The lowest BCUT2D eigenvalue weighted by atomic mass is 10.2. The van der Waals surface area contributed by atoms with Crippen molar-refractivity contribution in [2.45, 2.75) is 26.1 Å². The van der Waals surface area contributed by atoms with E-state index in [1.54, 1.807) is 7.05 Å². The SMILES string of the molecule is CNCc1coc(C(C)(C)F)n1. The molecule has 0 atom stereocenters. The van der Waals surface area contributed by atoms with Crippen molar-refractivity contribution in [3.8, 4) is 0 Å². The fourth-order valence-electron chi connectivity index (χ4n) is 0.842. The summed E-state index contributed by atoms with van der Waals surface area (Å²) in [5.74, 6) is 0.132. The van der Waals surface area contributed by atoms with Crippen LogP contribution in [0.1, 0.15) is 25.4 Å². The summed E-state index contributed by atoms with van der Waals surface area (Å²) < 4.78 is 18.2. The van der Waals surface area contributed by atoms with Gasteiger partial charge in [-0.15, -0.1) is 0 Å². The molecule has 1 aromatic rings. The molecular weight excluding hydrogens is 159 g/mol. The van der Waals surface area contributed by atoms with E-state index >= 15 is 0 Å². The zero-order chi connectivity index (χ0) is 9.19. The first kappa shape index (κ1) is 9.19. The molecule has 12 heavy (non-hydrogen) atoms. The second kappa shape index (κ2) is 3.23. The lowest BCUT2D eigenvalue weighted by molar-refractivity contribution is 0.170. The Morgan fingerprint density at radius 2 is 2.33 bits per heavy atom. The van der Waals surface area contributed by atoms with Crippen LogP contribution in [0.25, 0.3) is 0 Å². The van der Waals surface area contributed by atoms with Crippen molar-refractivity contribution in [2.24, 2.45) is 0 Å². The van der Waals surface area contributed by atoms with E-state index in [1.807, 2.05) is 0 Å². The molecule has 0 fully saturated rings. The van der Waals surface area contributed by atoms with E-state index in [0.717, 1.165) is 5.69 Å². The van der Waals surface area contributed by atoms with E-state index < -0.39 is 5.67 Å². The molecule has 0 radical (unpaired) electrons. The number of rotatable bonds is 3. The Balaban J connectivity index is 2.77. The summed E-state index contributed by atoms with van der Waals surface area (Å²) in [6.45, 7) is 3.43. The molecule has 4 heteroatoms. The smallest absolute Gasteiger partial charge is 0.231 e. The number of nitrogens with zero attached hydrogens (tertiary/aromatic N) is 1. The van der Waals surface area contributed by atoms with Gasteiger partial charge in [-0.25, -0.2) is 9.37 Å². The van der Waals surface area contributed by atoms with Crippen LogP contribution in [0.4, 0.5) is 4.39 Å². The lowest BCUT2D eigenvalue weighted by Crippen LogP contribution is -2.10.